The Morgan fingerprint density at radius 3 is 1.44 bits per heavy atom. The zero-order valence-electron chi connectivity index (χ0n) is 12.0. The number of hydrogen-bond donors (Lipinski definition) is 0. The summed E-state index contributed by atoms with van der Waals surface area (Å²) in [5.74, 6) is 1.65. The van der Waals surface area contributed by atoms with Crippen LogP contribution >= 0.6 is 0 Å². The lowest BCUT2D eigenvalue weighted by molar-refractivity contribution is -0.0862. The van der Waals surface area contributed by atoms with Gasteiger partial charge in [0.25, 0.3) is 0 Å². The number of hydrogen-bond acceptors (Lipinski definition) is 2. The zero-order chi connectivity index (χ0) is 12.6. The van der Waals surface area contributed by atoms with Crippen molar-refractivity contribution >= 4 is 8.80 Å². The van der Waals surface area contributed by atoms with Crippen LogP contribution in [-0.4, -0.2) is 27.9 Å². The first kappa shape index (κ1) is 16.1. The molecule has 0 aromatic heterocycles. The monoisotopic (exact) mass is 246 g/mol. The summed E-state index contributed by atoms with van der Waals surface area (Å²) >= 11 is 0. The van der Waals surface area contributed by atoms with E-state index in [9.17, 15) is 0 Å². The van der Waals surface area contributed by atoms with Crippen molar-refractivity contribution in [3.05, 3.63) is 0 Å². The van der Waals surface area contributed by atoms with E-state index in [1.807, 2.05) is 0 Å². The fraction of sp³-hybridized carbons (Fsp3) is 1.00. The van der Waals surface area contributed by atoms with Crippen LogP contribution in [0.2, 0.25) is 12.1 Å². The highest BCUT2D eigenvalue weighted by Crippen LogP contribution is 2.19. The van der Waals surface area contributed by atoms with Crippen LogP contribution in [0.15, 0.2) is 0 Å². The van der Waals surface area contributed by atoms with Crippen molar-refractivity contribution in [2.75, 3.05) is 13.2 Å². The third-order valence-electron chi connectivity index (χ3n) is 2.60. The predicted octanol–water partition coefficient (Wildman–Crippen LogP) is 3.46. The fourth-order valence-electron chi connectivity index (χ4n) is 2.18. The van der Waals surface area contributed by atoms with Gasteiger partial charge >= 0.3 is 0 Å². The van der Waals surface area contributed by atoms with E-state index in [1.165, 1.54) is 12.1 Å². The molecule has 0 amide bonds. The summed E-state index contributed by atoms with van der Waals surface area (Å²) in [5.41, 5.74) is 0. The minimum Gasteiger partial charge on any atom is -0.357 e. The highest BCUT2D eigenvalue weighted by Gasteiger charge is 2.25. The molecule has 16 heavy (non-hydrogen) atoms. The van der Waals surface area contributed by atoms with Gasteiger partial charge in [-0.2, -0.15) is 0 Å². The van der Waals surface area contributed by atoms with Crippen molar-refractivity contribution in [1.29, 1.82) is 0 Å². The van der Waals surface area contributed by atoms with Gasteiger partial charge in [-0.1, -0.05) is 39.8 Å². The molecule has 0 saturated heterocycles. The van der Waals surface area contributed by atoms with Gasteiger partial charge in [0.2, 0.25) is 0 Å². The lowest BCUT2D eigenvalue weighted by atomic mass is 10.3. The summed E-state index contributed by atoms with van der Waals surface area (Å²) < 4.78 is 11.6. The normalized spacial score (nSPS) is 12.4. The van der Waals surface area contributed by atoms with E-state index in [0.29, 0.717) is 0 Å². The summed E-state index contributed by atoms with van der Waals surface area (Å²) in [6, 6.07) is 2.64. The molecule has 0 spiro atoms. The number of rotatable bonds is 9. The summed E-state index contributed by atoms with van der Waals surface area (Å²) in [4.78, 5) is 0. The molecule has 0 aliphatic heterocycles. The molecule has 0 bridgehead atoms. The van der Waals surface area contributed by atoms with E-state index in [4.69, 9.17) is 9.47 Å². The zero-order valence-corrected chi connectivity index (χ0v) is 13.1. The molecule has 0 N–H and O–H groups in total. The molecular formula is C13H30O2Si. The molecule has 2 nitrogen and oxygen atoms in total. The van der Waals surface area contributed by atoms with Gasteiger partial charge in [0.05, 0.1) is 0 Å². The van der Waals surface area contributed by atoms with Gasteiger partial charge in [-0.25, -0.2) is 0 Å². The summed E-state index contributed by atoms with van der Waals surface area (Å²) in [6.07, 6.45) is 0. The summed E-state index contributed by atoms with van der Waals surface area (Å²) in [5, 5.41) is 0. The van der Waals surface area contributed by atoms with Gasteiger partial charge in [-0.3, -0.25) is 0 Å². The third kappa shape index (κ3) is 7.42. The Morgan fingerprint density at radius 2 is 1.19 bits per heavy atom. The molecular weight excluding hydrogens is 216 g/mol. The van der Waals surface area contributed by atoms with Crippen molar-refractivity contribution in [1.82, 2.24) is 0 Å². The van der Waals surface area contributed by atoms with Crippen LogP contribution in [0, 0.1) is 11.8 Å². The second kappa shape index (κ2) is 9.20. The topological polar surface area (TPSA) is 18.5 Å². The van der Waals surface area contributed by atoms with E-state index in [0.717, 1.165) is 25.0 Å². The maximum absolute atomic E-state index is 5.79. The van der Waals surface area contributed by atoms with Gasteiger partial charge in [-0.15, -0.1) is 0 Å². The molecule has 3 heteroatoms. The van der Waals surface area contributed by atoms with Gasteiger partial charge in [0.1, 0.15) is 14.7 Å². The lowest BCUT2D eigenvalue weighted by Crippen LogP contribution is -2.38. The Kier molecular flexibility index (Phi) is 9.28. The largest absolute Gasteiger partial charge is 0.357 e. The molecule has 0 radical (unpaired) electrons. The van der Waals surface area contributed by atoms with E-state index < -0.39 is 8.80 Å². The molecule has 0 aliphatic rings. The molecule has 98 valence electrons. The van der Waals surface area contributed by atoms with E-state index in [1.54, 1.807) is 0 Å². The van der Waals surface area contributed by atoms with Crippen LogP contribution < -0.4 is 0 Å². The third-order valence-corrected chi connectivity index (χ3v) is 6.85. The van der Waals surface area contributed by atoms with Crippen molar-refractivity contribution in [2.45, 2.75) is 59.5 Å². The summed E-state index contributed by atoms with van der Waals surface area (Å²) in [7, 11) is -0.944. The van der Waals surface area contributed by atoms with Crippen LogP contribution in [0.3, 0.4) is 0 Å². The molecule has 0 fully saturated rings. The average Bonchev–Trinajstić information content (AvgIpc) is 2.15. The van der Waals surface area contributed by atoms with Crippen LogP contribution in [0.4, 0.5) is 0 Å². The maximum atomic E-state index is 5.79. The molecule has 0 aromatic carbocycles. The number of ether oxygens (including phenoxy) is 2. The molecule has 0 rings (SSSR count). The highest BCUT2D eigenvalue weighted by molar-refractivity contribution is 6.59. The quantitative estimate of drug-likeness (QED) is 0.458. The molecule has 0 aliphatic carbocycles. The minimum atomic E-state index is -0.944. The summed E-state index contributed by atoms with van der Waals surface area (Å²) in [6.45, 7) is 14.9. The Morgan fingerprint density at radius 1 is 0.812 bits per heavy atom. The first-order valence-electron chi connectivity index (χ1n) is 6.74. The van der Waals surface area contributed by atoms with Crippen LogP contribution in [0.25, 0.3) is 0 Å². The molecule has 0 atom stereocenters. The van der Waals surface area contributed by atoms with E-state index >= 15 is 0 Å². The van der Waals surface area contributed by atoms with Gasteiger partial charge < -0.3 is 9.47 Å². The Balaban J connectivity index is 4.39. The smallest absolute Gasteiger partial charge is 0.138 e. The van der Waals surface area contributed by atoms with Crippen molar-refractivity contribution in [3.63, 3.8) is 0 Å². The van der Waals surface area contributed by atoms with Gasteiger partial charge in [0.15, 0.2) is 0 Å². The van der Waals surface area contributed by atoms with Gasteiger partial charge in [0, 0.05) is 13.2 Å². The Labute approximate surface area is 103 Å². The lowest BCUT2D eigenvalue weighted by Gasteiger charge is -2.28. The first-order valence-corrected chi connectivity index (χ1v) is 9.04. The minimum absolute atomic E-state index is 0.125. The molecule has 0 saturated carbocycles. The first-order chi connectivity index (χ1) is 7.51. The maximum Gasteiger partial charge on any atom is 0.138 e. The fourth-order valence-corrected chi connectivity index (χ4v) is 6.17. The Hall–Kier alpha value is 0.137. The van der Waals surface area contributed by atoms with E-state index in [2.05, 4.69) is 41.5 Å². The standard InChI is InChI=1S/C13H30O2Si/c1-7-14-13(15-8-2)16(9-11(3)4)10-12(5)6/h11-13,16H,7-10H2,1-6H3. The van der Waals surface area contributed by atoms with Crippen LogP contribution in [0.1, 0.15) is 41.5 Å². The van der Waals surface area contributed by atoms with Crippen molar-refractivity contribution < 1.29 is 9.47 Å². The molecule has 0 unspecified atom stereocenters. The van der Waals surface area contributed by atoms with Crippen LogP contribution in [-0.2, 0) is 9.47 Å². The van der Waals surface area contributed by atoms with Crippen molar-refractivity contribution in [2.24, 2.45) is 11.8 Å². The van der Waals surface area contributed by atoms with Gasteiger partial charge in [-0.05, 0) is 25.7 Å². The van der Waals surface area contributed by atoms with Crippen molar-refractivity contribution in [3.8, 4) is 0 Å². The highest BCUT2D eigenvalue weighted by atomic mass is 28.3. The second-order valence-electron chi connectivity index (χ2n) is 5.30. The Bertz CT molecular complexity index is 144. The van der Waals surface area contributed by atoms with Crippen LogP contribution in [0.5, 0.6) is 0 Å². The molecule has 0 heterocycles. The molecule has 0 aromatic rings. The predicted molar refractivity (Wildman–Crippen MR) is 73.5 cm³/mol. The van der Waals surface area contributed by atoms with E-state index in [-0.39, 0.29) is 5.91 Å². The SMILES string of the molecule is CCOC(OCC)[SiH](CC(C)C)CC(C)C. The second-order valence-corrected chi connectivity index (χ2v) is 8.31. The average molecular weight is 246 g/mol.